The molecule has 1 rings (SSSR count). The Morgan fingerprint density at radius 1 is 1.35 bits per heavy atom. The molecule has 0 N–H and O–H groups in total. The maximum absolute atomic E-state index is 12.1. The molecule has 1 aromatic rings. The number of rotatable bonds is 6. The van der Waals surface area contributed by atoms with E-state index in [2.05, 4.69) is 22.5 Å². The van der Waals surface area contributed by atoms with E-state index in [1.54, 1.807) is 18.2 Å². The molecule has 0 amide bonds. The van der Waals surface area contributed by atoms with E-state index in [1.807, 2.05) is 19.1 Å². The summed E-state index contributed by atoms with van der Waals surface area (Å²) in [6, 6.07) is 6.97. The predicted octanol–water partition coefficient (Wildman–Crippen LogP) is 3.50. The number of hydrogen-bond donors (Lipinski definition) is 0. The fourth-order valence-electron chi connectivity index (χ4n) is 1.46. The van der Waals surface area contributed by atoms with Crippen molar-refractivity contribution in [3.8, 4) is 0 Å². The molecule has 0 heterocycles. The molecule has 0 fully saturated rings. The molecule has 17 heavy (non-hydrogen) atoms. The van der Waals surface area contributed by atoms with Crippen LogP contribution in [0.2, 0.25) is 0 Å². The molecule has 0 spiro atoms. The minimum atomic E-state index is -3.19. The third-order valence-corrected chi connectivity index (χ3v) is 5.51. The van der Waals surface area contributed by atoms with Gasteiger partial charge in [0.2, 0.25) is 0 Å². The number of hydrogen-bond acceptors (Lipinski definition) is 2. The van der Waals surface area contributed by atoms with Crippen molar-refractivity contribution in [2.24, 2.45) is 0 Å². The van der Waals surface area contributed by atoms with Crippen LogP contribution >= 0.6 is 15.9 Å². The van der Waals surface area contributed by atoms with Crippen LogP contribution in [0, 0.1) is 6.92 Å². The zero-order valence-corrected chi connectivity index (χ0v) is 12.3. The summed E-state index contributed by atoms with van der Waals surface area (Å²) >= 11 is 3.40. The van der Waals surface area contributed by atoms with Gasteiger partial charge in [-0.3, -0.25) is 0 Å². The molecular weight excluding hydrogens is 300 g/mol. The SMILES string of the molecule is C=CCCC(Br)CS(=O)(=O)c1ccc(C)cc1. The van der Waals surface area contributed by atoms with Crippen LogP contribution in [0.15, 0.2) is 41.8 Å². The maximum atomic E-state index is 12.1. The standard InChI is InChI=1S/C13H17BrO2S/c1-3-4-5-12(14)10-17(15,16)13-8-6-11(2)7-9-13/h3,6-9,12H,1,4-5,10H2,2H3. The first-order chi connectivity index (χ1) is 7.95. The number of halogens is 1. The van der Waals surface area contributed by atoms with Crippen LogP contribution in [0.1, 0.15) is 18.4 Å². The molecular formula is C13H17BrO2S. The molecule has 0 aliphatic rings. The summed E-state index contributed by atoms with van der Waals surface area (Å²) in [5.74, 6) is 0.129. The fraction of sp³-hybridized carbons (Fsp3) is 0.385. The lowest BCUT2D eigenvalue weighted by molar-refractivity contribution is 0.593. The predicted molar refractivity (Wildman–Crippen MR) is 75.4 cm³/mol. The highest BCUT2D eigenvalue weighted by Crippen LogP contribution is 2.18. The molecule has 2 nitrogen and oxygen atoms in total. The minimum absolute atomic E-state index is 0.0215. The first-order valence-corrected chi connectivity index (χ1v) is 8.07. The Kier molecular flexibility index (Phi) is 5.40. The normalized spacial score (nSPS) is 13.3. The Hall–Kier alpha value is -0.610. The highest BCUT2D eigenvalue weighted by Gasteiger charge is 2.18. The average molecular weight is 317 g/mol. The third kappa shape index (κ3) is 4.64. The van der Waals surface area contributed by atoms with Crippen molar-refractivity contribution < 1.29 is 8.42 Å². The van der Waals surface area contributed by atoms with Crippen molar-refractivity contribution in [1.29, 1.82) is 0 Å². The van der Waals surface area contributed by atoms with Crippen LogP contribution in [-0.4, -0.2) is 19.0 Å². The van der Waals surface area contributed by atoms with Gasteiger partial charge in [-0.1, -0.05) is 39.7 Å². The lowest BCUT2D eigenvalue weighted by atomic mass is 10.2. The molecule has 1 atom stereocenters. The monoisotopic (exact) mass is 316 g/mol. The van der Waals surface area contributed by atoms with Crippen LogP contribution in [0.3, 0.4) is 0 Å². The Morgan fingerprint density at radius 2 is 1.94 bits per heavy atom. The van der Waals surface area contributed by atoms with E-state index in [4.69, 9.17) is 0 Å². The van der Waals surface area contributed by atoms with E-state index in [0.717, 1.165) is 18.4 Å². The van der Waals surface area contributed by atoms with Crippen LogP contribution in [0.5, 0.6) is 0 Å². The van der Waals surface area contributed by atoms with Crippen molar-refractivity contribution in [2.75, 3.05) is 5.75 Å². The third-order valence-electron chi connectivity index (χ3n) is 2.46. The Balaban J connectivity index is 2.74. The zero-order valence-electron chi connectivity index (χ0n) is 9.90. The highest BCUT2D eigenvalue weighted by molar-refractivity contribution is 9.09. The van der Waals surface area contributed by atoms with Crippen LogP contribution in [0.25, 0.3) is 0 Å². The molecule has 0 bridgehead atoms. The number of allylic oxidation sites excluding steroid dienone is 1. The molecule has 0 aliphatic heterocycles. The number of sulfone groups is 1. The Labute approximate surface area is 112 Å². The molecule has 94 valence electrons. The number of alkyl halides is 1. The van der Waals surface area contributed by atoms with Gasteiger partial charge >= 0.3 is 0 Å². The summed E-state index contributed by atoms with van der Waals surface area (Å²) in [6.45, 7) is 5.56. The van der Waals surface area contributed by atoms with Gasteiger partial charge < -0.3 is 0 Å². The lowest BCUT2D eigenvalue weighted by Crippen LogP contribution is -2.16. The summed E-state index contributed by atoms with van der Waals surface area (Å²) in [7, 11) is -3.19. The molecule has 1 unspecified atom stereocenters. The fourth-order valence-corrected chi connectivity index (χ4v) is 4.16. The van der Waals surface area contributed by atoms with Crippen LogP contribution in [0.4, 0.5) is 0 Å². The Morgan fingerprint density at radius 3 is 2.47 bits per heavy atom. The summed E-state index contributed by atoms with van der Waals surface area (Å²) in [5, 5.41) is 0. The second-order valence-electron chi connectivity index (χ2n) is 4.06. The Bertz CT molecular complexity index is 463. The van der Waals surface area contributed by atoms with Gasteiger partial charge in [-0.2, -0.15) is 0 Å². The molecule has 0 aromatic heterocycles. The lowest BCUT2D eigenvalue weighted by Gasteiger charge is -2.09. The van der Waals surface area contributed by atoms with E-state index >= 15 is 0 Å². The quantitative estimate of drug-likeness (QED) is 0.594. The summed E-state index contributed by atoms with van der Waals surface area (Å²) in [5.41, 5.74) is 1.06. The molecule has 0 saturated heterocycles. The largest absolute Gasteiger partial charge is 0.224 e. The van der Waals surface area contributed by atoms with E-state index < -0.39 is 9.84 Å². The second-order valence-corrected chi connectivity index (χ2v) is 7.39. The second kappa shape index (κ2) is 6.36. The van der Waals surface area contributed by atoms with Gasteiger partial charge in [0.25, 0.3) is 0 Å². The summed E-state index contributed by atoms with van der Waals surface area (Å²) in [4.78, 5) is 0.373. The van der Waals surface area contributed by atoms with Crippen molar-refractivity contribution >= 4 is 25.8 Å². The van der Waals surface area contributed by atoms with Gasteiger partial charge in [-0.05, 0) is 31.9 Å². The molecule has 0 radical (unpaired) electrons. The average Bonchev–Trinajstić information content (AvgIpc) is 2.26. The van der Waals surface area contributed by atoms with Crippen molar-refractivity contribution in [3.05, 3.63) is 42.5 Å². The molecule has 4 heteroatoms. The van der Waals surface area contributed by atoms with Crippen molar-refractivity contribution in [3.63, 3.8) is 0 Å². The van der Waals surface area contributed by atoms with E-state index in [0.29, 0.717) is 4.90 Å². The van der Waals surface area contributed by atoms with Crippen LogP contribution < -0.4 is 0 Å². The summed E-state index contributed by atoms with van der Waals surface area (Å²) in [6.07, 6.45) is 3.40. The summed E-state index contributed by atoms with van der Waals surface area (Å²) < 4.78 is 24.1. The maximum Gasteiger partial charge on any atom is 0.179 e. The molecule has 0 aliphatic carbocycles. The van der Waals surface area contributed by atoms with Gasteiger partial charge in [0.05, 0.1) is 10.6 Å². The van der Waals surface area contributed by atoms with E-state index in [9.17, 15) is 8.42 Å². The smallest absolute Gasteiger partial charge is 0.179 e. The number of benzene rings is 1. The van der Waals surface area contributed by atoms with Crippen LogP contribution in [-0.2, 0) is 9.84 Å². The first-order valence-electron chi connectivity index (χ1n) is 5.50. The van der Waals surface area contributed by atoms with Crippen molar-refractivity contribution in [2.45, 2.75) is 29.5 Å². The van der Waals surface area contributed by atoms with Gasteiger partial charge in [0, 0.05) is 4.83 Å². The van der Waals surface area contributed by atoms with Gasteiger partial charge in [0.1, 0.15) is 0 Å². The minimum Gasteiger partial charge on any atom is -0.224 e. The molecule has 1 aromatic carbocycles. The van der Waals surface area contributed by atoms with Crippen molar-refractivity contribution in [1.82, 2.24) is 0 Å². The van der Waals surface area contributed by atoms with Gasteiger partial charge in [0.15, 0.2) is 9.84 Å². The van der Waals surface area contributed by atoms with Gasteiger partial charge in [-0.15, -0.1) is 6.58 Å². The van der Waals surface area contributed by atoms with E-state index in [-0.39, 0.29) is 10.6 Å². The van der Waals surface area contributed by atoms with E-state index in [1.165, 1.54) is 0 Å². The topological polar surface area (TPSA) is 34.1 Å². The zero-order chi connectivity index (χ0) is 12.9. The first kappa shape index (κ1) is 14.5. The van der Waals surface area contributed by atoms with Gasteiger partial charge in [-0.25, -0.2) is 8.42 Å². The highest BCUT2D eigenvalue weighted by atomic mass is 79.9. The molecule has 0 saturated carbocycles. The number of aryl methyl sites for hydroxylation is 1.